The molecule has 0 spiro atoms. The molecule has 2 aliphatic heterocycles. The number of aryl methyl sites for hydroxylation is 12. The average Bonchev–Trinajstić information content (AvgIpc) is 1.20. The first-order chi connectivity index (χ1) is 55.6. The lowest BCUT2D eigenvalue weighted by atomic mass is 9.80. The lowest BCUT2D eigenvalue weighted by molar-refractivity contribution is 0.413. The first-order valence-corrected chi connectivity index (χ1v) is 39.4. The van der Waals surface area contributed by atoms with E-state index in [1.165, 1.54) is 0 Å². The number of nitrogens with zero attached hydrogens (tertiary/aromatic N) is 8. The molecule has 2 aliphatic rings. The van der Waals surface area contributed by atoms with E-state index < -0.39 is 0 Å². The minimum Gasteiger partial charge on any atom is -0.453 e. The monoisotopic (exact) mass is 1520 g/mol. The summed E-state index contributed by atoms with van der Waals surface area (Å²) < 4.78 is 43.3. The van der Waals surface area contributed by atoms with Gasteiger partial charge in [-0.05, 0) is 242 Å². The average molecular weight is 1520 g/mol. The van der Waals surface area contributed by atoms with Crippen molar-refractivity contribution in [2.24, 2.45) is 0 Å². The summed E-state index contributed by atoms with van der Waals surface area (Å²) >= 11 is 0. The molecule has 0 radical (unpaired) electrons. The van der Waals surface area contributed by atoms with Gasteiger partial charge in [-0.25, -0.2) is 39.9 Å². The van der Waals surface area contributed by atoms with Crippen LogP contribution in [0.1, 0.15) is 119 Å². The maximum Gasteiger partial charge on any atom is 0.184 e. The fourth-order valence-electron chi connectivity index (χ4n) is 16.4. The Morgan fingerprint density at radius 1 is 0.241 bits per heavy atom. The molecule has 0 atom stereocenters. The Kier molecular flexibility index (Phi) is 16.9. The van der Waals surface area contributed by atoms with Crippen LogP contribution in [0, 0.1) is 83.1 Å². The predicted molar refractivity (Wildman–Crippen MR) is 466 cm³/mol. The number of fused-ring (bicyclic) bond motifs is 23. The third-order valence-corrected chi connectivity index (χ3v) is 22.8. The number of hydrogen-bond donors (Lipinski definition) is 2. The lowest BCUT2D eigenvalue weighted by Gasteiger charge is -2.24. The first-order valence-electron chi connectivity index (χ1n) is 39.4. The zero-order valence-corrected chi connectivity index (χ0v) is 68.3. The summed E-state index contributed by atoms with van der Waals surface area (Å²) in [6.45, 7) is 38.0. The van der Waals surface area contributed by atoms with Crippen molar-refractivity contribution in [1.82, 2.24) is 49.8 Å². The van der Waals surface area contributed by atoms with E-state index in [-0.39, 0.29) is 22.5 Å². The van der Waals surface area contributed by atoms with E-state index in [1.807, 2.05) is 229 Å². The zero-order valence-electron chi connectivity index (χ0n) is 68.3. The summed E-state index contributed by atoms with van der Waals surface area (Å²) in [4.78, 5) is 53.5. The highest BCUT2D eigenvalue weighted by Gasteiger charge is 2.33. The maximum atomic E-state index is 7.22. The van der Waals surface area contributed by atoms with Crippen molar-refractivity contribution in [3.05, 3.63) is 260 Å². The predicted octanol–water partition coefficient (Wildman–Crippen LogP) is 26.8. The van der Waals surface area contributed by atoms with Crippen molar-refractivity contribution >= 4 is 87.5 Å². The summed E-state index contributed by atoms with van der Waals surface area (Å²) in [7, 11) is 0. The minimum absolute atomic E-state index is 0.231. The molecule has 0 amide bonds. The van der Waals surface area contributed by atoms with Gasteiger partial charge < -0.3 is 38.4 Å². The number of para-hydroxylation sites is 6. The number of ether oxygens (including phenoxy) is 6. The molecule has 572 valence electrons. The molecule has 13 aromatic carbocycles. The summed E-state index contributed by atoms with van der Waals surface area (Å²) in [5, 5.41) is 8.88. The zero-order chi connectivity index (χ0) is 80.4. The number of aromatic amines is 2. The summed E-state index contributed by atoms with van der Waals surface area (Å²) in [5.74, 6) is 7.77. The van der Waals surface area contributed by atoms with Crippen molar-refractivity contribution in [3.63, 3.8) is 0 Å². The van der Waals surface area contributed by atoms with Gasteiger partial charge in [0.15, 0.2) is 57.8 Å². The van der Waals surface area contributed by atoms with Gasteiger partial charge in [-0.3, -0.25) is 0 Å². The van der Waals surface area contributed by atoms with Gasteiger partial charge in [0, 0.05) is 43.4 Å². The van der Waals surface area contributed by atoms with Crippen molar-refractivity contribution < 1.29 is 28.4 Å². The highest BCUT2D eigenvalue weighted by molar-refractivity contribution is 6.33. The molecule has 0 unspecified atom stereocenters. The quantitative estimate of drug-likeness (QED) is 0.0868. The van der Waals surface area contributed by atoms with E-state index in [4.69, 9.17) is 68.3 Å². The van der Waals surface area contributed by atoms with Crippen LogP contribution in [0.25, 0.3) is 133 Å². The van der Waals surface area contributed by atoms with Crippen LogP contribution < -0.4 is 28.4 Å². The number of nitrogens with one attached hydrogen (secondary N) is 2. The molecule has 19 rings (SSSR count). The van der Waals surface area contributed by atoms with Gasteiger partial charge in [0.1, 0.15) is 68.5 Å². The molecule has 0 saturated carbocycles. The molecule has 0 fully saturated rings. The SMILES string of the molecule is Cc1cccc(C)c1Oc1cc2c(cc1Oc1c(C)cccc1C)-c1nc-2nc2[nH]c(nc3nc(nc4[nH]c(n1)c1cc(Oc5c(C)cccc5C)c(Oc5c(C)cccc5C)cc41)-c1nc4c5cc(C(C)(C)C)cc6ccc7cc(C(C)(C)C)cc(c4nc1-3)c7c65)c1cc(Oc3c(C)cccc3C)c(Oc3c(C)cccc3C)cc21. The topological polar surface area (TPSA) is 190 Å². The third kappa shape index (κ3) is 12.4. The number of benzene rings is 13. The van der Waals surface area contributed by atoms with Crippen molar-refractivity contribution in [1.29, 1.82) is 0 Å². The number of hydrogen-bond acceptors (Lipinski definition) is 14. The number of aromatic nitrogens is 10. The highest BCUT2D eigenvalue weighted by Crippen LogP contribution is 2.52. The number of H-pyrrole nitrogens is 2. The van der Waals surface area contributed by atoms with Crippen LogP contribution in [0.4, 0.5) is 0 Å². The van der Waals surface area contributed by atoms with Crippen LogP contribution in [0.5, 0.6) is 69.0 Å². The summed E-state index contributed by atoms with van der Waals surface area (Å²) in [6, 6.07) is 62.3. The van der Waals surface area contributed by atoms with Crippen LogP contribution in [0.15, 0.2) is 182 Å². The van der Waals surface area contributed by atoms with Crippen LogP contribution >= 0.6 is 0 Å². The van der Waals surface area contributed by atoms with Crippen LogP contribution in [-0.4, -0.2) is 49.8 Å². The molecule has 17 aromatic rings. The molecule has 116 heavy (non-hydrogen) atoms. The first kappa shape index (κ1) is 72.6. The largest absolute Gasteiger partial charge is 0.453 e. The third-order valence-electron chi connectivity index (χ3n) is 22.8. The van der Waals surface area contributed by atoms with Gasteiger partial charge in [0.25, 0.3) is 0 Å². The maximum absolute atomic E-state index is 7.22. The number of rotatable bonds is 12. The molecule has 8 bridgehead atoms. The van der Waals surface area contributed by atoms with E-state index in [0.717, 1.165) is 110 Å². The van der Waals surface area contributed by atoms with Crippen molar-refractivity contribution in [2.75, 3.05) is 0 Å². The lowest BCUT2D eigenvalue weighted by Crippen LogP contribution is -2.12. The molecule has 0 aliphatic carbocycles. The van der Waals surface area contributed by atoms with Gasteiger partial charge in [-0.2, -0.15) is 0 Å². The van der Waals surface area contributed by atoms with Gasteiger partial charge in [-0.15, -0.1) is 0 Å². The van der Waals surface area contributed by atoms with Crippen LogP contribution in [0.2, 0.25) is 0 Å². The second-order valence-corrected chi connectivity index (χ2v) is 33.5. The Hall–Kier alpha value is -13.6. The van der Waals surface area contributed by atoms with E-state index in [0.29, 0.717) is 158 Å². The van der Waals surface area contributed by atoms with E-state index in [2.05, 4.69) is 87.9 Å². The second-order valence-electron chi connectivity index (χ2n) is 33.5. The van der Waals surface area contributed by atoms with Gasteiger partial charge in [0.2, 0.25) is 0 Å². The van der Waals surface area contributed by atoms with Gasteiger partial charge in [0.05, 0.1) is 11.0 Å². The molecular weight excluding hydrogens is 1440 g/mol. The van der Waals surface area contributed by atoms with Crippen molar-refractivity contribution in [3.8, 4) is 115 Å². The fourth-order valence-corrected chi connectivity index (χ4v) is 16.4. The molecule has 0 saturated heterocycles. The fraction of sp³-hybridized carbons (Fsp3) is 0.200. The summed E-state index contributed by atoms with van der Waals surface area (Å²) in [6.07, 6.45) is 0. The molecule has 6 heterocycles. The Labute approximate surface area is 672 Å². The molecule has 4 aromatic heterocycles. The van der Waals surface area contributed by atoms with Gasteiger partial charge in [-0.1, -0.05) is 175 Å². The Balaban J connectivity index is 0.984. The smallest absolute Gasteiger partial charge is 0.184 e. The van der Waals surface area contributed by atoms with Crippen molar-refractivity contribution in [2.45, 2.75) is 135 Å². The normalized spacial score (nSPS) is 12.2. The molecular formula is C100H86N10O6. The van der Waals surface area contributed by atoms with E-state index in [9.17, 15) is 0 Å². The Morgan fingerprint density at radius 3 is 0.724 bits per heavy atom. The summed E-state index contributed by atoms with van der Waals surface area (Å²) in [5.41, 5.74) is 18.1. The molecule has 16 heteroatoms. The van der Waals surface area contributed by atoms with Gasteiger partial charge >= 0.3 is 0 Å². The second kappa shape index (κ2) is 27.0. The van der Waals surface area contributed by atoms with Crippen LogP contribution in [-0.2, 0) is 10.8 Å². The Bertz CT molecular complexity index is 6740. The van der Waals surface area contributed by atoms with E-state index >= 15 is 0 Å². The highest BCUT2D eigenvalue weighted by atomic mass is 16.5. The minimum atomic E-state index is -0.231. The molecule has 2 N–H and O–H groups in total. The molecule has 16 nitrogen and oxygen atoms in total. The standard InChI is InChI=1S/C100H86N10O6/c1-49-25-19-26-50(2)85(49)111-73-43-65-66(44-74(73)112-86-51(3)27-20-28-52(86)4)92-103-91(65)104-93-67-45-75(113-87-53(5)29-21-30-54(87)6)77(115-89-57(9)33-23-34-58(89)10)47-69(67)95(106-93)108-97-83-84(102-82-72-42-64(100(16,17)18)40-62-38-37-61-39-63(99(13,14)15)41-71(81(82)101-83)79(61)80(62)72)98(110-97)109-96-70-48-78(116-90-59(11)35-24-36-60(90)12)76(46-68(70)94(105-92)107-96)114-88-55(7)31-22-32-56(88)8/h19-48H,1-18H3,(H2,103,104,105,106,107,108,109,110). The van der Waals surface area contributed by atoms with Crippen LogP contribution in [0.3, 0.4) is 0 Å². The van der Waals surface area contributed by atoms with E-state index in [1.54, 1.807) is 0 Å². The Morgan fingerprint density at radius 2 is 0.474 bits per heavy atom.